The first kappa shape index (κ1) is 21.7. The Labute approximate surface area is 179 Å². The van der Waals surface area contributed by atoms with Crippen LogP contribution in [0.25, 0.3) is 0 Å². The lowest BCUT2D eigenvalue weighted by atomic mass is 10.1. The van der Waals surface area contributed by atoms with Crippen molar-refractivity contribution in [1.29, 1.82) is 0 Å². The molecule has 1 amide bonds. The molecule has 1 fully saturated rings. The molecule has 3 N–H and O–H groups in total. The standard InChI is InChI=1S/C24H33N5O/c1-19(21-11-8-12-22(17-21)29-15-6-7-16-29)28-24(25-2)26-14-13-23(30)27-18-20-9-4-3-5-10-20/h3-5,8-12,17,19H,6-7,13-16,18H2,1-2H3,(H,27,30)(H2,25,26,28). The van der Waals surface area contributed by atoms with E-state index in [-0.39, 0.29) is 11.9 Å². The van der Waals surface area contributed by atoms with Gasteiger partial charge in [0.2, 0.25) is 5.91 Å². The number of hydrogen-bond donors (Lipinski definition) is 3. The van der Waals surface area contributed by atoms with Gasteiger partial charge in [-0.1, -0.05) is 42.5 Å². The summed E-state index contributed by atoms with van der Waals surface area (Å²) in [5.74, 6) is 0.720. The fraction of sp³-hybridized carbons (Fsp3) is 0.417. The van der Waals surface area contributed by atoms with E-state index in [0.717, 1.165) is 18.7 Å². The largest absolute Gasteiger partial charge is 0.372 e. The summed E-state index contributed by atoms with van der Waals surface area (Å²) in [6.45, 7) is 5.49. The second-order valence-corrected chi connectivity index (χ2v) is 7.67. The zero-order chi connectivity index (χ0) is 21.2. The van der Waals surface area contributed by atoms with Gasteiger partial charge >= 0.3 is 0 Å². The molecule has 0 radical (unpaired) electrons. The van der Waals surface area contributed by atoms with Crippen molar-refractivity contribution >= 4 is 17.6 Å². The molecule has 3 rings (SSSR count). The Balaban J connectivity index is 1.42. The van der Waals surface area contributed by atoms with Crippen LogP contribution in [0.15, 0.2) is 59.6 Å². The molecule has 6 nitrogen and oxygen atoms in total. The third kappa shape index (κ3) is 6.51. The highest BCUT2D eigenvalue weighted by molar-refractivity contribution is 5.81. The van der Waals surface area contributed by atoms with Crippen molar-refractivity contribution in [3.63, 3.8) is 0 Å². The molecule has 0 aromatic heterocycles. The van der Waals surface area contributed by atoms with E-state index in [1.54, 1.807) is 7.05 Å². The summed E-state index contributed by atoms with van der Waals surface area (Å²) < 4.78 is 0. The van der Waals surface area contributed by atoms with Crippen molar-refractivity contribution in [3.8, 4) is 0 Å². The van der Waals surface area contributed by atoms with Gasteiger partial charge in [0.15, 0.2) is 5.96 Å². The SMILES string of the molecule is CN=C(NCCC(=O)NCc1ccccc1)NC(C)c1cccc(N2CCCC2)c1. The van der Waals surface area contributed by atoms with E-state index in [0.29, 0.717) is 25.5 Å². The minimum Gasteiger partial charge on any atom is -0.372 e. The van der Waals surface area contributed by atoms with Gasteiger partial charge in [0.25, 0.3) is 0 Å². The molecular weight excluding hydrogens is 374 g/mol. The number of anilines is 1. The van der Waals surface area contributed by atoms with Crippen LogP contribution in [0.1, 0.15) is 43.4 Å². The molecule has 0 aliphatic carbocycles. The predicted octanol–water partition coefficient (Wildman–Crippen LogP) is 3.22. The number of carbonyl (C=O) groups excluding carboxylic acids is 1. The van der Waals surface area contributed by atoms with Crippen LogP contribution in [0.2, 0.25) is 0 Å². The predicted molar refractivity (Wildman–Crippen MR) is 124 cm³/mol. The van der Waals surface area contributed by atoms with E-state index >= 15 is 0 Å². The van der Waals surface area contributed by atoms with Gasteiger partial charge < -0.3 is 20.9 Å². The van der Waals surface area contributed by atoms with Crippen LogP contribution in [-0.4, -0.2) is 38.5 Å². The Hall–Kier alpha value is -3.02. The number of carbonyl (C=O) groups is 1. The molecule has 2 aromatic carbocycles. The lowest BCUT2D eigenvalue weighted by Gasteiger charge is -2.22. The van der Waals surface area contributed by atoms with Gasteiger partial charge in [-0.3, -0.25) is 9.79 Å². The van der Waals surface area contributed by atoms with Crippen LogP contribution in [0.5, 0.6) is 0 Å². The first-order valence-electron chi connectivity index (χ1n) is 10.8. The zero-order valence-corrected chi connectivity index (χ0v) is 18.0. The molecule has 1 unspecified atom stereocenters. The van der Waals surface area contributed by atoms with Gasteiger partial charge in [0, 0.05) is 45.3 Å². The number of rotatable bonds is 8. The number of nitrogens with zero attached hydrogens (tertiary/aromatic N) is 2. The first-order valence-corrected chi connectivity index (χ1v) is 10.8. The molecule has 6 heteroatoms. The first-order chi connectivity index (χ1) is 14.7. The lowest BCUT2D eigenvalue weighted by molar-refractivity contribution is -0.121. The van der Waals surface area contributed by atoms with Crippen molar-refractivity contribution in [1.82, 2.24) is 16.0 Å². The number of aliphatic imine (C=N–C) groups is 1. The number of amides is 1. The van der Waals surface area contributed by atoms with Gasteiger partial charge in [-0.2, -0.15) is 0 Å². The highest BCUT2D eigenvalue weighted by Gasteiger charge is 2.14. The Morgan fingerprint density at radius 1 is 1.07 bits per heavy atom. The van der Waals surface area contributed by atoms with Crippen LogP contribution < -0.4 is 20.9 Å². The fourth-order valence-corrected chi connectivity index (χ4v) is 3.63. The van der Waals surface area contributed by atoms with E-state index in [1.165, 1.54) is 24.1 Å². The molecule has 0 spiro atoms. The van der Waals surface area contributed by atoms with Crippen LogP contribution in [-0.2, 0) is 11.3 Å². The zero-order valence-electron chi connectivity index (χ0n) is 18.0. The maximum atomic E-state index is 12.1. The fourth-order valence-electron chi connectivity index (χ4n) is 3.63. The second kappa shape index (κ2) is 11.2. The van der Waals surface area contributed by atoms with E-state index in [2.05, 4.69) is 57.0 Å². The minimum atomic E-state index is 0.0215. The summed E-state index contributed by atoms with van der Waals surface area (Å²) in [6.07, 6.45) is 2.94. The average molecular weight is 408 g/mol. The summed E-state index contributed by atoms with van der Waals surface area (Å²) in [5, 5.41) is 9.60. The molecule has 1 saturated heterocycles. The van der Waals surface area contributed by atoms with Gasteiger partial charge in [-0.05, 0) is 43.0 Å². The Morgan fingerprint density at radius 3 is 2.57 bits per heavy atom. The molecule has 30 heavy (non-hydrogen) atoms. The van der Waals surface area contributed by atoms with Gasteiger partial charge in [-0.15, -0.1) is 0 Å². The minimum absolute atomic E-state index is 0.0215. The van der Waals surface area contributed by atoms with E-state index in [1.807, 2.05) is 30.3 Å². The smallest absolute Gasteiger partial charge is 0.222 e. The molecule has 1 aliphatic heterocycles. The highest BCUT2D eigenvalue weighted by Crippen LogP contribution is 2.23. The van der Waals surface area contributed by atoms with Crippen LogP contribution in [0, 0.1) is 0 Å². The molecular formula is C24H33N5O. The van der Waals surface area contributed by atoms with E-state index in [4.69, 9.17) is 0 Å². The number of guanidine groups is 1. The molecule has 160 valence electrons. The topological polar surface area (TPSA) is 68.8 Å². The van der Waals surface area contributed by atoms with Crippen molar-refractivity contribution in [3.05, 3.63) is 65.7 Å². The highest BCUT2D eigenvalue weighted by atomic mass is 16.1. The normalized spacial score (nSPS) is 15.0. The summed E-state index contributed by atoms with van der Waals surface area (Å²) in [7, 11) is 1.75. The van der Waals surface area contributed by atoms with Gasteiger partial charge in [-0.25, -0.2) is 0 Å². The quantitative estimate of drug-likeness (QED) is 0.464. The van der Waals surface area contributed by atoms with Crippen molar-refractivity contribution < 1.29 is 4.79 Å². The second-order valence-electron chi connectivity index (χ2n) is 7.67. The summed E-state index contributed by atoms with van der Waals surface area (Å²) in [6, 6.07) is 18.7. The molecule has 2 aromatic rings. The third-order valence-corrected chi connectivity index (χ3v) is 5.40. The third-order valence-electron chi connectivity index (χ3n) is 5.40. The summed E-state index contributed by atoms with van der Waals surface area (Å²) >= 11 is 0. The van der Waals surface area contributed by atoms with Crippen molar-refractivity contribution in [2.45, 2.75) is 38.8 Å². The number of hydrogen-bond acceptors (Lipinski definition) is 3. The van der Waals surface area contributed by atoms with Crippen LogP contribution in [0.3, 0.4) is 0 Å². The van der Waals surface area contributed by atoms with Crippen molar-refractivity contribution in [2.75, 3.05) is 31.6 Å². The lowest BCUT2D eigenvalue weighted by Crippen LogP contribution is -2.40. The van der Waals surface area contributed by atoms with E-state index in [9.17, 15) is 4.79 Å². The summed E-state index contributed by atoms with van der Waals surface area (Å²) in [4.78, 5) is 18.8. The average Bonchev–Trinajstić information content (AvgIpc) is 3.33. The molecule has 0 saturated carbocycles. The van der Waals surface area contributed by atoms with Gasteiger partial charge in [0.1, 0.15) is 0 Å². The monoisotopic (exact) mass is 407 g/mol. The Kier molecular flexibility index (Phi) is 8.12. The van der Waals surface area contributed by atoms with Crippen LogP contribution >= 0.6 is 0 Å². The van der Waals surface area contributed by atoms with Crippen LogP contribution in [0.4, 0.5) is 5.69 Å². The van der Waals surface area contributed by atoms with Crippen molar-refractivity contribution in [2.24, 2.45) is 4.99 Å². The molecule has 1 aliphatic rings. The summed E-state index contributed by atoms with van der Waals surface area (Å²) in [5.41, 5.74) is 3.61. The maximum absolute atomic E-state index is 12.1. The number of benzene rings is 2. The number of nitrogens with one attached hydrogen (secondary N) is 3. The van der Waals surface area contributed by atoms with Gasteiger partial charge in [0.05, 0.1) is 6.04 Å². The maximum Gasteiger partial charge on any atom is 0.222 e. The molecule has 0 bridgehead atoms. The molecule has 1 heterocycles. The molecule has 1 atom stereocenters. The Morgan fingerprint density at radius 2 is 1.83 bits per heavy atom. The Bertz CT molecular complexity index is 830. The van der Waals surface area contributed by atoms with E-state index < -0.39 is 0 Å².